The molecule has 0 aliphatic heterocycles. The lowest BCUT2D eigenvalue weighted by molar-refractivity contribution is 0.438. The first-order valence-corrected chi connectivity index (χ1v) is 7.86. The molecule has 0 bridgehead atoms. The summed E-state index contributed by atoms with van der Waals surface area (Å²) in [5.41, 5.74) is 3.37. The minimum atomic E-state index is 0.338. The Hall–Kier alpha value is -1.32. The molecule has 21 heavy (non-hydrogen) atoms. The number of aryl methyl sites for hydroxylation is 2. The van der Waals surface area contributed by atoms with Crippen molar-refractivity contribution in [1.82, 2.24) is 15.1 Å². The lowest BCUT2D eigenvalue weighted by Gasteiger charge is -2.26. The third-order valence-corrected chi connectivity index (χ3v) is 4.69. The second-order valence-corrected chi connectivity index (χ2v) is 5.87. The molecule has 1 heterocycles. The highest BCUT2D eigenvalue weighted by Crippen LogP contribution is 2.28. The largest absolute Gasteiger partial charge is 0.316 e. The Morgan fingerprint density at radius 3 is 2.43 bits per heavy atom. The van der Waals surface area contributed by atoms with Gasteiger partial charge in [-0.1, -0.05) is 48.9 Å². The minimum Gasteiger partial charge on any atom is -0.316 e. The highest BCUT2D eigenvalue weighted by atomic mass is 35.5. The predicted octanol–water partition coefficient (Wildman–Crippen LogP) is 3.71. The van der Waals surface area contributed by atoms with Crippen molar-refractivity contribution in [3.63, 3.8) is 0 Å². The van der Waals surface area contributed by atoms with Crippen LogP contribution < -0.4 is 5.32 Å². The van der Waals surface area contributed by atoms with Gasteiger partial charge in [-0.25, -0.2) is 0 Å². The van der Waals surface area contributed by atoms with Crippen LogP contribution in [0.3, 0.4) is 0 Å². The fourth-order valence-electron chi connectivity index (χ4n) is 3.01. The summed E-state index contributed by atoms with van der Waals surface area (Å²) in [5.74, 6) is 0.461. The van der Waals surface area contributed by atoms with Crippen LogP contribution in [0.5, 0.6) is 0 Å². The van der Waals surface area contributed by atoms with E-state index in [1.807, 2.05) is 25.7 Å². The van der Waals surface area contributed by atoms with Gasteiger partial charge in [-0.2, -0.15) is 5.10 Å². The molecule has 1 aromatic carbocycles. The summed E-state index contributed by atoms with van der Waals surface area (Å²) in [6, 6.07) is 11.0. The molecular formula is C17H24ClN3. The van der Waals surface area contributed by atoms with Crippen LogP contribution in [-0.2, 0) is 13.5 Å². The SMILES string of the molecule is CCC(c1ccccc1)C(Cc1c(Cl)c(C)nn1C)NC. The molecule has 0 radical (unpaired) electrons. The fourth-order valence-corrected chi connectivity index (χ4v) is 3.25. The highest BCUT2D eigenvalue weighted by Gasteiger charge is 2.23. The van der Waals surface area contributed by atoms with Gasteiger partial charge in [-0.15, -0.1) is 0 Å². The molecule has 0 fully saturated rings. The monoisotopic (exact) mass is 305 g/mol. The molecule has 4 heteroatoms. The average Bonchev–Trinajstić information content (AvgIpc) is 2.74. The second kappa shape index (κ2) is 7.10. The predicted molar refractivity (Wildman–Crippen MR) is 89.0 cm³/mol. The molecule has 1 N–H and O–H groups in total. The molecule has 2 rings (SSSR count). The maximum Gasteiger partial charge on any atom is 0.0847 e. The summed E-state index contributed by atoms with van der Waals surface area (Å²) in [5, 5.41) is 8.67. The maximum absolute atomic E-state index is 6.40. The molecule has 0 saturated carbocycles. The van der Waals surface area contributed by atoms with Crippen molar-refractivity contribution in [3.8, 4) is 0 Å². The van der Waals surface area contributed by atoms with Gasteiger partial charge in [0.2, 0.25) is 0 Å². The molecule has 0 aliphatic rings. The standard InChI is InChI=1S/C17H24ClN3/c1-5-14(13-9-7-6-8-10-13)15(19-3)11-16-17(18)12(2)20-21(16)4/h6-10,14-15,19H,5,11H2,1-4H3. The summed E-state index contributed by atoms with van der Waals surface area (Å²) < 4.78 is 1.90. The summed E-state index contributed by atoms with van der Waals surface area (Å²) in [6.07, 6.45) is 1.96. The van der Waals surface area contributed by atoms with Gasteiger partial charge in [0.15, 0.2) is 0 Å². The van der Waals surface area contributed by atoms with E-state index in [0.717, 1.165) is 29.3 Å². The molecule has 0 aliphatic carbocycles. The van der Waals surface area contributed by atoms with Crippen LogP contribution >= 0.6 is 11.6 Å². The molecule has 3 nitrogen and oxygen atoms in total. The Balaban J connectivity index is 2.26. The van der Waals surface area contributed by atoms with Crippen LogP contribution in [0.25, 0.3) is 0 Å². The number of likely N-dealkylation sites (N-methyl/N-ethyl adjacent to an activating group) is 1. The Labute approximate surface area is 132 Å². The first kappa shape index (κ1) is 16.1. The van der Waals surface area contributed by atoms with E-state index in [1.54, 1.807) is 0 Å². The number of hydrogen-bond acceptors (Lipinski definition) is 2. The Morgan fingerprint density at radius 1 is 1.29 bits per heavy atom. The summed E-state index contributed by atoms with van der Waals surface area (Å²) >= 11 is 6.40. The molecule has 1 aromatic heterocycles. The first-order valence-electron chi connectivity index (χ1n) is 7.48. The van der Waals surface area contributed by atoms with E-state index in [4.69, 9.17) is 11.6 Å². The molecule has 2 unspecified atom stereocenters. The van der Waals surface area contributed by atoms with Crippen molar-refractivity contribution in [3.05, 3.63) is 52.3 Å². The smallest absolute Gasteiger partial charge is 0.0847 e. The maximum atomic E-state index is 6.40. The average molecular weight is 306 g/mol. The van der Waals surface area contributed by atoms with E-state index < -0.39 is 0 Å². The lowest BCUT2D eigenvalue weighted by Crippen LogP contribution is -2.34. The van der Waals surface area contributed by atoms with Gasteiger partial charge in [-0.05, 0) is 31.9 Å². The summed E-state index contributed by atoms with van der Waals surface area (Å²) in [6.45, 7) is 4.19. The normalized spacial score (nSPS) is 14.1. The number of nitrogens with zero attached hydrogens (tertiary/aromatic N) is 2. The van der Waals surface area contributed by atoms with E-state index in [2.05, 4.69) is 47.7 Å². The fraction of sp³-hybridized carbons (Fsp3) is 0.471. The number of rotatable bonds is 6. The molecule has 0 saturated heterocycles. The second-order valence-electron chi connectivity index (χ2n) is 5.49. The quantitative estimate of drug-likeness (QED) is 0.882. The van der Waals surface area contributed by atoms with Gasteiger partial charge in [0.1, 0.15) is 0 Å². The Morgan fingerprint density at radius 2 is 1.95 bits per heavy atom. The molecule has 0 spiro atoms. The third kappa shape index (κ3) is 3.47. The van der Waals surface area contributed by atoms with Crippen LogP contribution in [0.1, 0.15) is 36.2 Å². The topological polar surface area (TPSA) is 29.9 Å². The van der Waals surface area contributed by atoms with Gasteiger partial charge in [-0.3, -0.25) is 4.68 Å². The minimum absolute atomic E-state index is 0.338. The Bertz CT molecular complexity index is 577. The van der Waals surface area contributed by atoms with Crippen molar-refractivity contribution < 1.29 is 0 Å². The van der Waals surface area contributed by atoms with Gasteiger partial charge >= 0.3 is 0 Å². The number of halogens is 1. The highest BCUT2D eigenvalue weighted by molar-refractivity contribution is 6.31. The van der Waals surface area contributed by atoms with E-state index in [9.17, 15) is 0 Å². The molecule has 2 atom stereocenters. The van der Waals surface area contributed by atoms with E-state index in [0.29, 0.717) is 12.0 Å². The Kier molecular flexibility index (Phi) is 5.43. The molecule has 2 aromatic rings. The summed E-state index contributed by atoms with van der Waals surface area (Å²) in [7, 11) is 3.98. The van der Waals surface area contributed by atoms with Gasteiger partial charge in [0, 0.05) is 19.5 Å². The lowest BCUT2D eigenvalue weighted by atomic mass is 9.86. The first-order chi connectivity index (χ1) is 10.1. The van der Waals surface area contributed by atoms with Crippen molar-refractivity contribution in [2.75, 3.05) is 7.05 Å². The number of benzene rings is 1. The van der Waals surface area contributed by atoms with Crippen LogP contribution in [0, 0.1) is 6.92 Å². The van der Waals surface area contributed by atoms with E-state index in [-0.39, 0.29) is 0 Å². The van der Waals surface area contributed by atoms with Crippen LogP contribution in [0.4, 0.5) is 0 Å². The van der Waals surface area contributed by atoms with Crippen LogP contribution in [-0.4, -0.2) is 22.9 Å². The van der Waals surface area contributed by atoms with Crippen molar-refractivity contribution in [2.24, 2.45) is 7.05 Å². The van der Waals surface area contributed by atoms with E-state index in [1.165, 1.54) is 5.56 Å². The molecule has 114 valence electrons. The summed E-state index contributed by atoms with van der Waals surface area (Å²) in [4.78, 5) is 0. The number of hydrogen-bond donors (Lipinski definition) is 1. The zero-order valence-corrected chi connectivity index (χ0v) is 14.0. The van der Waals surface area contributed by atoms with E-state index >= 15 is 0 Å². The zero-order valence-electron chi connectivity index (χ0n) is 13.2. The van der Waals surface area contributed by atoms with Gasteiger partial charge in [0.05, 0.1) is 16.4 Å². The van der Waals surface area contributed by atoms with Crippen LogP contribution in [0.2, 0.25) is 5.02 Å². The van der Waals surface area contributed by atoms with Gasteiger partial charge in [0.25, 0.3) is 0 Å². The molecular weight excluding hydrogens is 282 g/mol. The van der Waals surface area contributed by atoms with Gasteiger partial charge < -0.3 is 5.32 Å². The van der Waals surface area contributed by atoms with Crippen molar-refractivity contribution in [1.29, 1.82) is 0 Å². The third-order valence-electron chi connectivity index (χ3n) is 4.20. The zero-order chi connectivity index (χ0) is 15.4. The number of nitrogens with one attached hydrogen (secondary N) is 1. The molecule has 0 amide bonds. The number of aromatic nitrogens is 2. The van der Waals surface area contributed by atoms with Crippen molar-refractivity contribution >= 4 is 11.6 Å². The van der Waals surface area contributed by atoms with Crippen molar-refractivity contribution in [2.45, 2.75) is 38.6 Å². The van der Waals surface area contributed by atoms with Crippen LogP contribution in [0.15, 0.2) is 30.3 Å².